The summed E-state index contributed by atoms with van der Waals surface area (Å²) < 4.78 is 66.6. The van der Waals surface area contributed by atoms with Crippen LogP contribution in [0.1, 0.15) is 20.8 Å². The van der Waals surface area contributed by atoms with Gasteiger partial charge in [0.05, 0.1) is 12.4 Å². The third-order valence-electron chi connectivity index (χ3n) is 3.05. The van der Waals surface area contributed by atoms with Crippen molar-refractivity contribution in [2.24, 2.45) is 10.1 Å². The van der Waals surface area contributed by atoms with Gasteiger partial charge in [-0.3, -0.25) is 15.3 Å². The second-order valence-electron chi connectivity index (χ2n) is 5.85. The first-order valence-corrected chi connectivity index (χ1v) is 8.01. The van der Waals surface area contributed by atoms with Crippen molar-refractivity contribution in [2.45, 2.75) is 37.8 Å². The first-order valence-electron chi connectivity index (χ1n) is 6.53. The molecule has 1 rings (SSSR count). The lowest BCUT2D eigenvalue weighted by molar-refractivity contribution is -0.0232. The number of hydrogen-bond donors (Lipinski definition) is 1. The standard InChI is InChI=1S/C12H19F3N4O3S/c1-7(17-6-19(4)5)9(16)12(14,15)23(20,21)10-8(13)11(2,3)22-18-10/h8,16H,6H2,1-5H3/b16-9?,17-7-. The lowest BCUT2D eigenvalue weighted by atomic mass is 10.1. The Balaban J connectivity index is 3.17. The van der Waals surface area contributed by atoms with Gasteiger partial charge in [0, 0.05) is 0 Å². The van der Waals surface area contributed by atoms with Gasteiger partial charge in [-0.1, -0.05) is 5.16 Å². The highest BCUT2D eigenvalue weighted by Gasteiger charge is 2.59. The van der Waals surface area contributed by atoms with E-state index in [0.29, 0.717) is 0 Å². The van der Waals surface area contributed by atoms with E-state index >= 15 is 0 Å². The van der Waals surface area contributed by atoms with Gasteiger partial charge in [-0.2, -0.15) is 8.78 Å². The van der Waals surface area contributed by atoms with Gasteiger partial charge in [-0.15, -0.1) is 0 Å². The molecule has 1 aliphatic heterocycles. The van der Waals surface area contributed by atoms with Gasteiger partial charge >= 0.3 is 5.25 Å². The maximum Gasteiger partial charge on any atom is 0.393 e. The SMILES string of the molecule is C/C(=N/CN(C)C)C(=N)C(F)(F)S(=O)(=O)C1=NOC(C)(C)C1F. The Labute approximate surface area is 132 Å². The lowest BCUT2D eigenvalue weighted by Crippen LogP contribution is -2.48. The number of halogens is 3. The minimum Gasteiger partial charge on any atom is -0.385 e. The molecule has 0 amide bonds. The zero-order chi connectivity index (χ0) is 18.2. The molecule has 0 bridgehead atoms. The van der Waals surface area contributed by atoms with Crippen LogP contribution in [-0.4, -0.2) is 67.6 Å². The van der Waals surface area contributed by atoms with Crippen molar-refractivity contribution in [1.29, 1.82) is 5.41 Å². The summed E-state index contributed by atoms with van der Waals surface area (Å²) in [6, 6.07) is 0. The molecule has 7 nitrogen and oxygen atoms in total. The summed E-state index contributed by atoms with van der Waals surface area (Å²) in [5.74, 6) is 0. The Bertz CT molecular complexity index is 656. The molecule has 1 N–H and O–H groups in total. The van der Waals surface area contributed by atoms with Crippen LogP contribution in [0.3, 0.4) is 0 Å². The predicted octanol–water partition coefficient (Wildman–Crippen LogP) is 1.45. The number of alkyl halides is 3. The molecular formula is C12H19F3N4O3S. The van der Waals surface area contributed by atoms with Crippen LogP contribution in [0.4, 0.5) is 13.2 Å². The zero-order valence-electron chi connectivity index (χ0n) is 13.4. The molecule has 0 aliphatic carbocycles. The molecule has 0 aromatic heterocycles. The highest BCUT2D eigenvalue weighted by Crippen LogP contribution is 2.34. The van der Waals surface area contributed by atoms with Crippen LogP contribution in [0.25, 0.3) is 0 Å². The molecule has 1 aliphatic rings. The molecule has 0 aromatic carbocycles. The van der Waals surface area contributed by atoms with E-state index < -0.39 is 43.3 Å². The third kappa shape index (κ3) is 3.55. The first kappa shape index (κ1) is 19.6. The van der Waals surface area contributed by atoms with Crippen molar-refractivity contribution in [1.82, 2.24) is 4.90 Å². The van der Waals surface area contributed by atoms with Crippen molar-refractivity contribution in [3.8, 4) is 0 Å². The van der Waals surface area contributed by atoms with E-state index in [0.717, 1.165) is 6.92 Å². The van der Waals surface area contributed by atoms with Crippen LogP contribution in [0, 0.1) is 5.41 Å². The van der Waals surface area contributed by atoms with Gasteiger partial charge in [-0.05, 0) is 34.9 Å². The highest BCUT2D eigenvalue weighted by atomic mass is 32.2. The van der Waals surface area contributed by atoms with Gasteiger partial charge in [0.15, 0.2) is 11.8 Å². The van der Waals surface area contributed by atoms with Gasteiger partial charge in [0.1, 0.15) is 5.71 Å². The van der Waals surface area contributed by atoms with E-state index in [1.54, 1.807) is 19.0 Å². The minimum atomic E-state index is -5.54. The van der Waals surface area contributed by atoms with E-state index in [2.05, 4.69) is 15.0 Å². The summed E-state index contributed by atoms with van der Waals surface area (Å²) in [6.45, 7) is 3.43. The smallest absolute Gasteiger partial charge is 0.385 e. The number of nitrogens with one attached hydrogen (secondary N) is 1. The summed E-state index contributed by atoms with van der Waals surface area (Å²) in [4.78, 5) is 9.79. The summed E-state index contributed by atoms with van der Waals surface area (Å²) in [7, 11) is -2.30. The molecule has 11 heteroatoms. The maximum atomic E-state index is 14.2. The van der Waals surface area contributed by atoms with Crippen LogP contribution < -0.4 is 0 Å². The van der Waals surface area contributed by atoms with E-state index in [1.165, 1.54) is 13.8 Å². The van der Waals surface area contributed by atoms with Crippen molar-refractivity contribution >= 4 is 26.3 Å². The average molecular weight is 356 g/mol. The van der Waals surface area contributed by atoms with E-state index in [4.69, 9.17) is 5.41 Å². The summed E-state index contributed by atoms with van der Waals surface area (Å²) in [5, 5.41) is 4.30. The largest absolute Gasteiger partial charge is 0.393 e. The van der Waals surface area contributed by atoms with Crippen LogP contribution >= 0.6 is 0 Å². The molecule has 23 heavy (non-hydrogen) atoms. The van der Waals surface area contributed by atoms with Crippen molar-refractivity contribution < 1.29 is 26.4 Å². The Hall–Kier alpha value is -1.49. The molecule has 0 saturated carbocycles. The fourth-order valence-electron chi connectivity index (χ4n) is 1.54. The quantitative estimate of drug-likeness (QED) is 0.754. The molecule has 132 valence electrons. The first-order chi connectivity index (χ1) is 10.2. The van der Waals surface area contributed by atoms with Crippen LogP contribution in [0.2, 0.25) is 0 Å². The van der Waals surface area contributed by atoms with E-state index in [1.807, 2.05) is 0 Å². The monoisotopic (exact) mass is 356 g/mol. The molecule has 1 atom stereocenters. The van der Waals surface area contributed by atoms with Gasteiger partial charge in [0.2, 0.25) is 5.04 Å². The maximum absolute atomic E-state index is 14.2. The van der Waals surface area contributed by atoms with Crippen molar-refractivity contribution in [2.75, 3.05) is 20.8 Å². The second-order valence-corrected chi connectivity index (χ2v) is 7.78. The second kappa shape index (κ2) is 6.19. The Morgan fingerprint density at radius 2 is 2.00 bits per heavy atom. The molecule has 0 aromatic rings. The summed E-state index contributed by atoms with van der Waals surface area (Å²) in [6.07, 6.45) is -2.36. The molecule has 0 spiro atoms. The molecule has 0 radical (unpaired) electrons. The lowest BCUT2D eigenvalue weighted by Gasteiger charge is -2.21. The van der Waals surface area contributed by atoms with Crippen LogP contribution in [0.5, 0.6) is 0 Å². The summed E-state index contributed by atoms with van der Waals surface area (Å²) in [5.41, 5.74) is -3.67. The number of nitrogens with zero attached hydrogens (tertiary/aromatic N) is 3. The highest BCUT2D eigenvalue weighted by molar-refractivity contribution is 8.08. The van der Waals surface area contributed by atoms with Crippen LogP contribution in [-0.2, 0) is 14.7 Å². The summed E-state index contributed by atoms with van der Waals surface area (Å²) >= 11 is 0. The van der Waals surface area contributed by atoms with Crippen molar-refractivity contribution in [3.05, 3.63) is 0 Å². The number of aliphatic imine (C=N–C) groups is 1. The van der Waals surface area contributed by atoms with E-state index in [-0.39, 0.29) is 6.67 Å². The predicted molar refractivity (Wildman–Crippen MR) is 80.8 cm³/mol. The Morgan fingerprint density at radius 3 is 2.39 bits per heavy atom. The normalized spacial score (nSPS) is 22.0. The molecule has 0 fully saturated rings. The molecule has 1 heterocycles. The average Bonchev–Trinajstić information content (AvgIpc) is 2.69. The minimum absolute atomic E-state index is 0.00678. The van der Waals surface area contributed by atoms with Gasteiger partial charge in [-0.25, -0.2) is 12.8 Å². The molecule has 1 unspecified atom stereocenters. The number of hydrogen-bond acceptors (Lipinski definition) is 7. The fourth-order valence-corrected chi connectivity index (χ4v) is 2.91. The van der Waals surface area contributed by atoms with Crippen molar-refractivity contribution in [3.63, 3.8) is 0 Å². The van der Waals surface area contributed by atoms with E-state index in [9.17, 15) is 21.6 Å². The van der Waals surface area contributed by atoms with Gasteiger partial charge in [0.25, 0.3) is 9.84 Å². The Morgan fingerprint density at radius 1 is 1.48 bits per heavy atom. The molecular weight excluding hydrogens is 337 g/mol. The topological polar surface area (TPSA) is 95.2 Å². The number of oxime groups is 1. The zero-order valence-corrected chi connectivity index (χ0v) is 14.2. The molecule has 0 saturated heterocycles. The van der Waals surface area contributed by atoms with Crippen LogP contribution in [0.15, 0.2) is 10.1 Å². The Kier molecular flexibility index (Phi) is 5.26. The third-order valence-corrected chi connectivity index (χ3v) is 4.77. The number of rotatable bonds is 5. The fraction of sp³-hybridized carbons (Fsp3) is 0.750. The number of sulfone groups is 1. The van der Waals surface area contributed by atoms with Gasteiger partial charge < -0.3 is 4.84 Å².